The fraction of sp³-hybridized carbons (Fsp3) is 0.643. The molecule has 13 heteroatoms. The Hall–Kier alpha value is -2.22. The van der Waals surface area contributed by atoms with Gasteiger partial charge >= 0.3 is 17.8 Å². The number of hydrogen-bond donors (Lipinski definition) is 2. The van der Waals surface area contributed by atoms with E-state index in [4.69, 9.17) is 19.4 Å². The lowest BCUT2D eigenvalue weighted by Crippen LogP contribution is -2.36. The van der Waals surface area contributed by atoms with Crippen molar-refractivity contribution in [2.45, 2.75) is 50.4 Å². The van der Waals surface area contributed by atoms with Crippen LogP contribution in [0.1, 0.15) is 20.1 Å². The van der Waals surface area contributed by atoms with Crippen LogP contribution in [-0.2, 0) is 23.7 Å². The lowest BCUT2D eigenvalue weighted by Gasteiger charge is -2.24. The van der Waals surface area contributed by atoms with Crippen LogP contribution in [0.5, 0.6) is 0 Å². The first-order chi connectivity index (χ1) is 12.5. The maximum atomic E-state index is 12.3. The zero-order chi connectivity index (χ0) is 20.0. The second-order valence-corrected chi connectivity index (χ2v) is 6.34. The highest BCUT2D eigenvalue weighted by Gasteiger charge is 2.56. The van der Waals surface area contributed by atoms with Gasteiger partial charge in [0, 0.05) is 6.20 Å². The van der Waals surface area contributed by atoms with Crippen LogP contribution >= 0.6 is 0 Å². The maximum absolute atomic E-state index is 12.3. The van der Waals surface area contributed by atoms with Crippen LogP contribution in [0.25, 0.3) is 0 Å². The maximum Gasteiger partial charge on any atom is 0.490 e. The quantitative estimate of drug-likeness (QED) is 0.557. The van der Waals surface area contributed by atoms with Crippen LogP contribution in [0.15, 0.2) is 17.1 Å². The molecule has 150 valence electrons. The average Bonchev–Trinajstić information content (AvgIpc) is 3.05. The number of nitrogens with one attached hydrogen (secondary N) is 1. The van der Waals surface area contributed by atoms with Crippen LogP contribution in [0.3, 0.4) is 0 Å². The lowest BCUT2D eigenvalue weighted by atomic mass is 10.1. The van der Waals surface area contributed by atoms with Crippen molar-refractivity contribution in [2.24, 2.45) is 0 Å². The Morgan fingerprint density at radius 2 is 2.07 bits per heavy atom. The summed E-state index contributed by atoms with van der Waals surface area (Å²) in [7, 11) is 0. The van der Waals surface area contributed by atoms with Crippen molar-refractivity contribution in [2.75, 3.05) is 12.1 Å². The summed E-state index contributed by atoms with van der Waals surface area (Å²) in [6.45, 7) is 2.43. The number of hydrogen-bond acceptors (Lipinski definition) is 9. The van der Waals surface area contributed by atoms with E-state index >= 15 is 0 Å². The van der Waals surface area contributed by atoms with Gasteiger partial charge < -0.3 is 18.9 Å². The lowest BCUT2D eigenvalue weighted by molar-refractivity contribution is -0.215. The predicted octanol–water partition coefficient (Wildman–Crippen LogP) is 0.567. The summed E-state index contributed by atoms with van der Waals surface area (Å²) in [5, 5.41) is 8.79. The molecule has 0 amide bonds. The standard InChI is InChI=1S/C14H16F3N3O7/c1-13(2)26-8-6(5-24-11(21)14(15,16)17)25-10(9(8)27-13)20-4-3-7(19-23)18-12(20)22/h3-4,6,8-10,23H,5H2,1-2H3,(H,18,19,22)/t6-,8-,9-,10-/m1/s1. The van der Waals surface area contributed by atoms with Crippen LogP contribution < -0.4 is 11.2 Å². The monoisotopic (exact) mass is 395 g/mol. The normalized spacial score (nSPS) is 29.4. The van der Waals surface area contributed by atoms with Gasteiger partial charge in [-0.05, 0) is 19.9 Å². The minimum atomic E-state index is -5.14. The molecule has 10 nitrogen and oxygen atoms in total. The average molecular weight is 395 g/mol. The Kier molecular flexibility index (Phi) is 4.88. The Bertz CT molecular complexity index is 782. The number of halogens is 3. The molecular weight excluding hydrogens is 379 g/mol. The SMILES string of the molecule is CC1(C)O[C@@H]2[C@H](O1)[C@@H](COC(=O)C(F)(F)F)O[C@H]2n1ccc(NO)nc1=O. The second-order valence-electron chi connectivity index (χ2n) is 6.34. The van der Waals surface area contributed by atoms with Gasteiger partial charge in [-0.2, -0.15) is 18.2 Å². The van der Waals surface area contributed by atoms with Gasteiger partial charge in [-0.1, -0.05) is 0 Å². The van der Waals surface area contributed by atoms with Crippen molar-refractivity contribution in [3.05, 3.63) is 22.7 Å². The fourth-order valence-corrected chi connectivity index (χ4v) is 2.93. The van der Waals surface area contributed by atoms with Crippen molar-refractivity contribution in [1.82, 2.24) is 9.55 Å². The minimum absolute atomic E-state index is 0.106. The molecule has 2 saturated heterocycles. The molecule has 0 aromatic carbocycles. The first kappa shape index (κ1) is 19.5. The van der Waals surface area contributed by atoms with E-state index in [1.807, 2.05) is 0 Å². The zero-order valence-electron chi connectivity index (χ0n) is 14.1. The molecule has 2 aliphatic rings. The van der Waals surface area contributed by atoms with E-state index in [-0.39, 0.29) is 5.82 Å². The van der Waals surface area contributed by atoms with Gasteiger partial charge in [0.05, 0.1) is 0 Å². The van der Waals surface area contributed by atoms with Crippen molar-refractivity contribution in [3.63, 3.8) is 0 Å². The molecule has 0 spiro atoms. The van der Waals surface area contributed by atoms with E-state index in [2.05, 4.69) is 9.72 Å². The molecule has 3 heterocycles. The smallest absolute Gasteiger partial charge is 0.456 e. The second kappa shape index (κ2) is 6.74. The molecule has 27 heavy (non-hydrogen) atoms. The Labute approximate surface area is 149 Å². The summed E-state index contributed by atoms with van der Waals surface area (Å²) in [4.78, 5) is 26.6. The highest BCUT2D eigenvalue weighted by molar-refractivity contribution is 5.75. The molecule has 1 aromatic heterocycles. The number of aromatic nitrogens is 2. The number of rotatable bonds is 4. The predicted molar refractivity (Wildman–Crippen MR) is 78.7 cm³/mol. The number of alkyl halides is 3. The largest absolute Gasteiger partial charge is 0.490 e. The van der Waals surface area contributed by atoms with Gasteiger partial charge in [-0.25, -0.2) is 9.59 Å². The van der Waals surface area contributed by atoms with Gasteiger partial charge in [0.1, 0.15) is 24.9 Å². The van der Waals surface area contributed by atoms with Crippen LogP contribution in [-0.4, -0.2) is 57.6 Å². The highest BCUT2D eigenvalue weighted by atomic mass is 19.4. The Morgan fingerprint density at radius 1 is 1.41 bits per heavy atom. The summed E-state index contributed by atoms with van der Waals surface area (Å²) >= 11 is 0. The van der Waals surface area contributed by atoms with E-state index in [1.54, 1.807) is 19.3 Å². The Balaban J connectivity index is 1.82. The van der Waals surface area contributed by atoms with Crippen molar-refractivity contribution >= 4 is 11.8 Å². The van der Waals surface area contributed by atoms with Crippen molar-refractivity contribution < 1.29 is 42.1 Å². The minimum Gasteiger partial charge on any atom is -0.456 e. The van der Waals surface area contributed by atoms with Crippen molar-refractivity contribution in [1.29, 1.82) is 0 Å². The topological polar surface area (TPSA) is 121 Å². The van der Waals surface area contributed by atoms with E-state index in [1.165, 1.54) is 12.3 Å². The number of fused-ring (bicyclic) bond motifs is 1. The molecule has 0 radical (unpaired) electrons. The van der Waals surface area contributed by atoms with E-state index in [0.717, 1.165) is 4.57 Å². The fourth-order valence-electron chi connectivity index (χ4n) is 2.93. The number of esters is 1. The molecule has 2 aliphatic heterocycles. The number of anilines is 1. The van der Waals surface area contributed by atoms with E-state index in [0.29, 0.717) is 0 Å². The number of ether oxygens (including phenoxy) is 4. The first-order valence-corrected chi connectivity index (χ1v) is 7.76. The van der Waals surface area contributed by atoms with Gasteiger partial charge in [0.15, 0.2) is 17.8 Å². The van der Waals surface area contributed by atoms with Gasteiger partial charge in [0.2, 0.25) is 0 Å². The number of carbonyl (C=O) groups excluding carboxylic acids is 1. The molecule has 1 aromatic rings. The van der Waals surface area contributed by atoms with Gasteiger partial charge in [0.25, 0.3) is 0 Å². The van der Waals surface area contributed by atoms with Crippen LogP contribution in [0.2, 0.25) is 0 Å². The molecule has 4 atom stereocenters. The number of carbonyl (C=O) groups is 1. The number of nitrogens with zero attached hydrogens (tertiary/aromatic N) is 2. The zero-order valence-corrected chi connectivity index (χ0v) is 14.1. The highest BCUT2D eigenvalue weighted by Crippen LogP contribution is 2.42. The third-order valence-electron chi connectivity index (χ3n) is 3.95. The van der Waals surface area contributed by atoms with Gasteiger partial charge in [-0.15, -0.1) is 0 Å². The summed E-state index contributed by atoms with van der Waals surface area (Å²) in [5.74, 6) is -3.56. The van der Waals surface area contributed by atoms with Gasteiger partial charge in [-0.3, -0.25) is 15.3 Å². The molecule has 3 rings (SSSR count). The van der Waals surface area contributed by atoms with E-state index < -0.39 is 54.8 Å². The molecule has 0 saturated carbocycles. The molecule has 0 unspecified atom stereocenters. The molecule has 2 fully saturated rings. The van der Waals surface area contributed by atoms with Crippen molar-refractivity contribution in [3.8, 4) is 0 Å². The molecule has 0 aliphatic carbocycles. The Morgan fingerprint density at radius 3 is 2.67 bits per heavy atom. The summed E-state index contributed by atoms with van der Waals surface area (Å²) < 4.78 is 59.2. The third-order valence-corrected chi connectivity index (χ3v) is 3.95. The van der Waals surface area contributed by atoms with Crippen LogP contribution in [0, 0.1) is 0 Å². The van der Waals surface area contributed by atoms with Crippen LogP contribution in [0.4, 0.5) is 19.0 Å². The molecule has 2 N–H and O–H groups in total. The molecule has 0 bridgehead atoms. The van der Waals surface area contributed by atoms with E-state index in [9.17, 15) is 22.8 Å². The third kappa shape index (κ3) is 3.90. The summed E-state index contributed by atoms with van der Waals surface area (Å²) in [5.41, 5.74) is 0.909. The molecular formula is C14H16F3N3O7. The summed E-state index contributed by atoms with van der Waals surface area (Å²) in [6.07, 6.45) is -7.81. The first-order valence-electron chi connectivity index (χ1n) is 7.76. The summed E-state index contributed by atoms with van der Waals surface area (Å²) in [6, 6.07) is 1.28.